The fourth-order valence-corrected chi connectivity index (χ4v) is 4.03. The summed E-state index contributed by atoms with van der Waals surface area (Å²) in [6.45, 7) is 0.655. The van der Waals surface area contributed by atoms with Crippen LogP contribution < -0.4 is 9.47 Å². The van der Waals surface area contributed by atoms with Crippen molar-refractivity contribution in [1.29, 1.82) is 0 Å². The predicted octanol–water partition coefficient (Wildman–Crippen LogP) is 4.13. The molecule has 6 nitrogen and oxygen atoms in total. The van der Waals surface area contributed by atoms with Gasteiger partial charge in [0.2, 0.25) is 0 Å². The number of methoxy groups -OCH3 is 2. The van der Waals surface area contributed by atoms with Crippen LogP contribution in [0.4, 0.5) is 0 Å². The molecule has 0 saturated carbocycles. The van der Waals surface area contributed by atoms with Gasteiger partial charge in [-0.2, -0.15) is 0 Å². The molecule has 7 heteroatoms. The highest BCUT2D eigenvalue weighted by atomic mass is 32.2. The van der Waals surface area contributed by atoms with Crippen LogP contribution in [0, 0.1) is 0 Å². The van der Waals surface area contributed by atoms with Gasteiger partial charge in [-0.25, -0.2) is 9.78 Å². The summed E-state index contributed by atoms with van der Waals surface area (Å²) in [6.07, 6.45) is 5.41. The number of benzene rings is 2. The van der Waals surface area contributed by atoms with E-state index in [1.54, 1.807) is 50.6 Å². The van der Waals surface area contributed by atoms with Crippen LogP contribution in [0.5, 0.6) is 11.5 Å². The number of ether oxygens (including phenoxy) is 2. The van der Waals surface area contributed by atoms with Crippen molar-refractivity contribution in [2.45, 2.75) is 16.7 Å². The number of aromatic carboxylic acids is 1. The lowest BCUT2D eigenvalue weighted by Gasteiger charge is -2.22. The Morgan fingerprint density at radius 2 is 1.81 bits per heavy atom. The number of carboxylic acid groups (broad SMARTS) is 1. The molecule has 0 bridgehead atoms. The molecule has 1 atom stereocenters. The average molecular weight is 384 g/mol. The fraction of sp³-hybridized carbons (Fsp3) is 0.200. The molecule has 1 unspecified atom stereocenters. The Kier molecular flexibility index (Phi) is 6.03. The van der Waals surface area contributed by atoms with E-state index in [-0.39, 0.29) is 10.8 Å². The molecule has 0 spiro atoms. The van der Waals surface area contributed by atoms with Gasteiger partial charge in [0.1, 0.15) is 11.5 Å². The van der Waals surface area contributed by atoms with E-state index >= 15 is 0 Å². The first kappa shape index (κ1) is 18.8. The van der Waals surface area contributed by atoms with Gasteiger partial charge in [0.05, 0.1) is 36.9 Å². The van der Waals surface area contributed by atoms with Gasteiger partial charge in [-0.15, -0.1) is 11.8 Å². The standard InChI is InChI=1S/C20H20N2O4S/c1-25-16-4-3-5-17(26-2)19(16)18(12-22-11-10-21-13-22)27-15-8-6-14(7-9-15)20(23)24/h3-11,13,18H,12H2,1-2H3,(H,23,24). The van der Waals surface area contributed by atoms with Gasteiger partial charge in [0.25, 0.3) is 0 Å². The number of rotatable bonds is 8. The smallest absolute Gasteiger partial charge is 0.335 e. The van der Waals surface area contributed by atoms with Gasteiger partial charge >= 0.3 is 5.97 Å². The van der Waals surface area contributed by atoms with Gasteiger partial charge in [0.15, 0.2) is 0 Å². The predicted molar refractivity (Wildman–Crippen MR) is 104 cm³/mol. The number of imidazole rings is 1. The highest BCUT2D eigenvalue weighted by Gasteiger charge is 2.23. The summed E-state index contributed by atoms with van der Waals surface area (Å²) in [6, 6.07) is 12.6. The summed E-state index contributed by atoms with van der Waals surface area (Å²) in [5, 5.41) is 9.07. The maximum atomic E-state index is 11.1. The van der Waals surface area contributed by atoms with Gasteiger partial charge in [-0.3, -0.25) is 0 Å². The van der Waals surface area contributed by atoms with E-state index in [1.165, 1.54) is 0 Å². The summed E-state index contributed by atoms with van der Waals surface area (Å²) in [5.74, 6) is 0.552. The highest BCUT2D eigenvalue weighted by molar-refractivity contribution is 7.99. The van der Waals surface area contributed by atoms with Crippen LogP contribution in [0.1, 0.15) is 21.2 Å². The second-order valence-electron chi connectivity index (χ2n) is 5.77. The number of carbonyl (C=O) groups is 1. The lowest BCUT2D eigenvalue weighted by molar-refractivity contribution is 0.0697. The third-order valence-electron chi connectivity index (χ3n) is 4.10. The van der Waals surface area contributed by atoms with E-state index in [2.05, 4.69) is 4.98 Å². The number of nitrogens with zero attached hydrogens (tertiary/aromatic N) is 2. The maximum Gasteiger partial charge on any atom is 0.335 e. The molecular weight excluding hydrogens is 364 g/mol. The lowest BCUT2D eigenvalue weighted by Crippen LogP contribution is -2.08. The molecule has 3 rings (SSSR count). The first-order chi connectivity index (χ1) is 13.1. The summed E-state index contributed by atoms with van der Waals surface area (Å²) in [5.41, 5.74) is 1.21. The summed E-state index contributed by atoms with van der Waals surface area (Å²) in [4.78, 5) is 16.2. The van der Waals surface area contributed by atoms with Crippen molar-refractivity contribution in [3.63, 3.8) is 0 Å². The topological polar surface area (TPSA) is 73.6 Å². The van der Waals surface area contributed by atoms with Crippen molar-refractivity contribution < 1.29 is 19.4 Å². The Hall–Kier alpha value is -2.93. The molecule has 1 N–H and O–H groups in total. The largest absolute Gasteiger partial charge is 0.496 e. The zero-order valence-electron chi connectivity index (χ0n) is 15.0. The minimum absolute atomic E-state index is 0.0269. The molecule has 0 aliphatic heterocycles. The SMILES string of the molecule is COc1cccc(OC)c1C(Cn1ccnc1)Sc1ccc(C(=O)O)cc1. The Morgan fingerprint density at radius 3 is 2.33 bits per heavy atom. The van der Waals surface area contributed by atoms with Crippen molar-refractivity contribution >= 4 is 17.7 Å². The lowest BCUT2D eigenvalue weighted by atomic mass is 10.1. The number of hydrogen-bond acceptors (Lipinski definition) is 5. The number of carboxylic acids is 1. The van der Waals surface area contributed by atoms with Crippen molar-refractivity contribution in [1.82, 2.24) is 9.55 Å². The van der Waals surface area contributed by atoms with Crippen molar-refractivity contribution in [3.05, 3.63) is 72.3 Å². The molecule has 0 aliphatic carbocycles. The van der Waals surface area contributed by atoms with E-state index in [1.807, 2.05) is 41.1 Å². The summed E-state index contributed by atoms with van der Waals surface area (Å²) < 4.78 is 13.2. The van der Waals surface area contributed by atoms with E-state index < -0.39 is 5.97 Å². The summed E-state index contributed by atoms with van der Waals surface area (Å²) in [7, 11) is 3.28. The van der Waals surface area contributed by atoms with Crippen molar-refractivity contribution in [2.24, 2.45) is 0 Å². The van der Waals surface area contributed by atoms with Crippen LogP contribution in [0.25, 0.3) is 0 Å². The minimum Gasteiger partial charge on any atom is -0.496 e. The van der Waals surface area contributed by atoms with Crippen LogP contribution in [0.15, 0.2) is 66.1 Å². The molecule has 0 saturated heterocycles. The number of hydrogen-bond donors (Lipinski definition) is 1. The second-order valence-corrected chi connectivity index (χ2v) is 7.05. The second kappa shape index (κ2) is 8.64. The van der Waals surface area contributed by atoms with Crippen LogP contribution in [-0.2, 0) is 6.54 Å². The monoisotopic (exact) mass is 384 g/mol. The normalized spacial score (nSPS) is 11.8. The third kappa shape index (κ3) is 4.43. The zero-order chi connectivity index (χ0) is 19.2. The fourth-order valence-electron chi connectivity index (χ4n) is 2.81. The Bertz CT molecular complexity index is 873. The van der Waals surface area contributed by atoms with Gasteiger partial charge in [0, 0.05) is 23.8 Å². The molecular formula is C20H20N2O4S. The molecule has 27 heavy (non-hydrogen) atoms. The number of thioether (sulfide) groups is 1. The van der Waals surface area contributed by atoms with Crippen molar-refractivity contribution in [2.75, 3.05) is 14.2 Å². The Balaban J connectivity index is 1.98. The molecule has 140 valence electrons. The maximum absolute atomic E-state index is 11.1. The highest BCUT2D eigenvalue weighted by Crippen LogP contribution is 2.45. The first-order valence-corrected chi connectivity index (χ1v) is 9.17. The molecule has 0 radical (unpaired) electrons. The van der Waals surface area contributed by atoms with Crippen molar-refractivity contribution in [3.8, 4) is 11.5 Å². The van der Waals surface area contributed by atoms with E-state index in [0.29, 0.717) is 6.54 Å². The molecule has 1 aromatic heterocycles. The van der Waals surface area contributed by atoms with Gasteiger partial charge < -0.3 is 19.1 Å². The molecule has 0 aliphatic rings. The zero-order valence-corrected chi connectivity index (χ0v) is 15.8. The molecule has 2 aromatic carbocycles. The Labute approximate surface area is 161 Å². The van der Waals surface area contributed by atoms with E-state index in [4.69, 9.17) is 14.6 Å². The summed E-state index contributed by atoms with van der Waals surface area (Å²) >= 11 is 1.62. The quantitative estimate of drug-likeness (QED) is 0.589. The third-order valence-corrected chi connectivity index (χ3v) is 5.32. The van der Waals surface area contributed by atoms with Gasteiger partial charge in [-0.1, -0.05) is 6.07 Å². The Morgan fingerprint density at radius 1 is 1.15 bits per heavy atom. The van der Waals surface area contributed by atoms with E-state index in [0.717, 1.165) is 22.0 Å². The van der Waals surface area contributed by atoms with Crippen LogP contribution >= 0.6 is 11.8 Å². The number of aromatic nitrogens is 2. The average Bonchev–Trinajstić information content (AvgIpc) is 3.20. The van der Waals surface area contributed by atoms with Crippen LogP contribution in [0.2, 0.25) is 0 Å². The molecule has 0 fully saturated rings. The minimum atomic E-state index is -0.937. The van der Waals surface area contributed by atoms with E-state index in [9.17, 15) is 4.79 Å². The van der Waals surface area contributed by atoms with Gasteiger partial charge in [-0.05, 0) is 36.4 Å². The molecule has 3 aromatic rings. The van der Waals surface area contributed by atoms with Crippen LogP contribution in [0.3, 0.4) is 0 Å². The molecule has 0 amide bonds. The van der Waals surface area contributed by atoms with Crippen LogP contribution in [-0.4, -0.2) is 34.8 Å². The first-order valence-electron chi connectivity index (χ1n) is 8.29. The molecule has 1 heterocycles.